The maximum atomic E-state index is 12.9. The smallest absolute Gasteiger partial charge is 0.260 e. The van der Waals surface area contributed by atoms with Gasteiger partial charge in [-0.05, 0) is 29.0 Å². The quantitative estimate of drug-likeness (QED) is 0.535. The van der Waals surface area contributed by atoms with Gasteiger partial charge in [-0.15, -0.1) is 0 Å². The third-order valence-electron chi connectivity index (χ3n) is 3.89. The van der Waals surface area contributed by atoms with E-state index < -0.39 is 0 Å². The van der Waals surface area contributed by atoms with Crippen LogP contribution in [0.5, 0.6) is 0 Å². The molecule has 0 unspecified atom stereocenters. The topological polar surface area (TPSA) is 33.2 Å². The summed E-state index contributed by atoms with van der Waals surface area (Å²) < 4.78 is 1.08. The Morgan fingerprint density at radius 1 is 0.957 bits per heavy atom. The predicted molar refractivity (Wildman–Crippen MR) is 96.3 cm³/mol. The van der Waals surface area contributed by atoms with E-state index in [4.69, 9.17) is 0 Å². The standard InChI is InChI=1S/C19H14N2OS/c1-21(19-20-16-11-4-5-12-17(16)23-19)18(22)15-10-6-8-13-7-2-3-9-14(13)15/h2-12H,1H3. The molecule has 4 aromatic rings. The third-order valence-corrected chi connectivity index (χ3v) is 5.01. The lowest BCUT2D eigenvalue weighted by molar-refractivity contribution is 0.0994. The number of nitrogens with zero attached hydrogens (tertiary/aromatic N) is 2. The van der Waals surface area contributed by atoms with Gasteiger partial charge < -0.3 is 0 Å². The molecule has 0 saturated heterocycles. The molecular formula is C19H14N2OS. The van der Waals surface area contributed by atoms with E-state index in [-0.39, 0.29) is 5.91 Å². The minimum absolute atomic E-state index is 0.0409. The molecule has 1 aromatic heterocycles. The molecule has 0 spiro atoms. The lowest BCUT2D eigenvalue weighted by atomic mass is 10.0. The summed E-state index contributed by atoms with van der Waals surface area (Å²) in [4.78, 5) is 19.1. The number of benzene rings is 3. The average molecular weight is 318 g/mol. The van der Waals surface area contributed by atoms with Crippen LogP contribution in [-0.4, -0.2) is 17.9 Å². The largest absolute Gasteiger partial charge is 0.287 e. The minimum atomic E-state index is -0.0409. The summed E-state index contributed by atoms with van der Waals surface area (Å²) in [6.45, 7) is 0. The van der Waals surface area contributed by atoms with E-state index in [2.05, 4.69) is 4.98 Å². The molecule has 0 atom stereocenters. The van der Waals surface area contributed by atoms with E-state index in [0.29, 0.717) is 10.7 Å². The Balaban J connectivity index is 1.78. The fourth-order valence-corrected chi connectivity index (χ4v) is 3.61. The average Bonchev–Trinajstić information content (AvgIpc) is 3.04. The Bertz CT molecular complexity index is 984. The van der Waals surface area contributed by atoms with Crippen molar-refractivity contribution in [2.45, 2.75) is 0 Å². The van der Waals surface area contributed by atoms with Gasteiger partial charge in [0.2, 0.25) is 0 Å². The van der Waals surface area contributed by atoms with Gasteiger partial charge in [0.1, 0.15) is 0 Å². The summed E-state index contributed by atoms with van der Waals surface area (Å²) in [5.74, 6) is -0.0409. The summed E-state index contributed by atoms with van der Waals surface area (Å²) in [7, 11) is 1.78. The fraction of sp³-hybridized carbons (Fsp3) is 0.0526. The van der Waals surface area contributed by atoms with Crippen molar-refractivity contribution in [3.63, 3.8) is 0 Å². The number of hydrogen-bond acceptors (Lipinski definition) is 3. The first-order chi connectivity index (χ1) is 11.2. The number of para-hydroxylation sites is 1. The molecule has 112 valence electrons. The zero-order valence-electron chi connectivity index (χ0n) is 12.6. The third kappa shape index (κ3) is 2.37. The van der Waals surface area contributed by atoms with Crippen LogP contribution in [0, 0.1) is 0 Å². The van der Waals surface area contributed by atoms with Crippen molar-refractivity contribution in [3.05, 3.63) is 72.3 Å². The van der Waals surface area contributed by atoms with Crippen LogP contribution in [0.4, 0.5) is 5.13 Å². The Kier molecular flexibility index (Phi) is 3.32. The van der Waals surface area contributed by atoms with Crippen LogP contribution >= 0.6 is 11.3 Å². The summed E-state index contributed by atoms with van der Waals surface area (Å²) in [5, 5.41) is 2.74. The SMILES string of the molecule is CN(C(=O)c1cccc2ccccc12)c1nc2ccccc2s1. The molecule has 1 amide bonds. The number of rotatable bonds is 2. The van der Waals surface area contributed by atoms with Crippen LogP contribution in [0.25, 0.3) is 21.0 Å². The Hall–Kier alpha value is -2.72. The van der Waals surface area contributed by atoms with E-state index in [1.54, 1.807) is 11.9 Å². The van der Waals surface area contributed by atoms with Crippen LogP contribution in [0.1, 0.15) is 10.4 Å². The minimum Gasteiger partial charge on any atom is -0.287 e. The van der Waals surface area contributed by atoms with Gasteiger partial charge >= 0.3 is 0 Å². The Labute approximate surface area is 137 Å². The monoisotopic (exact) mass is 318 g/mol. The van der Waals surface area contributed by atoms with Crippen LogP contribution in [-0.2, 0) is 0 Å². The lowest BCUT2D eigenvalue weighted by Gasteiger charge is -2.15. The van der Waals surface area contributed by atoms with Gasteiger partial charge in [-0.25, -0.2) is 4.98 Å². The van der Waals surface area contributed by atoms with Crippen LogP contribution in [0.2, 0.25) is 0 Å². The van der Waals surface area contributed by atoms with Gasteiger partial charge in [-0.3, -0.25) is 9.69 Å². The van der Waals surface area contributed by atoms with Crippen molar-refractivity contribution in [2.24, 2.45) is 0 Å². The molecule has 1 heterocycles. The second kappa shape index (κ2) is 5.48. The highest BCUT2D eigenvalue weighted by Crippen LogP contribution is 2.29. The zero-order valence-corrected chi connectivity index (χ0v) is 13.4. The van der Waals surface area contributed by atoms with Gasteiger partial charge in [-0.2, -0.15) is 0 Å². The highest BCUT2D eigenvalue weighted by Gasteiger charge is 2.18. The number of anilines is 1. The van der Waals surface area contributed by atoms with Gasteiger partial charge in [0.15, 0.2) is 5.13 Å². The molecule has 4 heteroatoms. The first kappa shape index (κ1) is 13.9. The second-order valence-corrected chi connectivity index (χ2v) is 6.36. The summed E-state index contributed by atoms with van der Waals surface area (Å²) in [6, 6.07) is 21.7. The van der Waals surface area contributed by atoms with Crippen LogP contribution in [0.15, 0.2) is 66.7 Å². The molecule has 0 N–H and O–H groups in total. The van der Waals surface area contributed by atoms with E-state index in [0.717, 1.165) is 21.0 Å². The van der Waals surface area contributed by atoms with Crippen molar-refractivity contribution >= 4 is 43.4 Å². The first-order valence-electron chi connectivity index (χ1n) is 7.35. The van der Waals surface area contributed by atoms with Gasteiger partial charge in [-0.1, -0.05) is 59.9 Å². The zero-order chi connectivity index (χ0) is 15.8. The molecule has 0 aliphatic heterocycles. The van der Waals surface area contributed by atoms with E-state index >= 15 is 0 Å². The van der Waals surface area contributed by atoms with Crippen molar-refractivity contribution in [3.8, 4) is 0 Å². The summed E-state index contributed by atoms with van der Waals surface area (Å²) in [6.07, 6.45) is 0. The molecule has 0 radical (unpaired) electrons. The molecule has 0 bridgehead atoms. The molecule has 0 fully saturated rings. The van der Waals surface area contributed by atoms with E-state index in [1.165, 1.54) is 11.3 Å². The fourth-order valence-electron chi connectivity index (χ4n) is 2.68. The maximum Gasteiger partial charge on any atom is 0.260 e. The number of fused-ring (bicyclic) bond motifs is 2. The summed E-state index contributed by atoms with van der Waals surface area (Å²) in [5.41, 5.74) is 1.62. The molecule has 0 saturated carbocycles. The number of amides is 1. The van der Waals surface area contributed by atoms with Crippen molar-refractivity contribution in [2.75, 3.05) is 11.9 Å². The molecule has 23 heavy (non-hydrogen) atoms. The number of aromatic nitrogens is 1. The Morgan fingerprint density at radius 2 is 1.70 bits per heavy atom. The van der Waals surface area contributed by atoms with E-state index in [9.17, 15) is 4.79 Å². The normalized spacial score (nSPS) is 11.0. The second-order valence-electron chi connectivity index (χ2n) is 5.36. The molecule has 0 aliphatic carbocycles. The lowest BCUT2D eigenvalue weighted by Crippen LogP contribution is -2.26. The highest BCUT2D eigenvalue weighted by atomic mass is 32.1. The Morgan fingerprint density at radius 3 is 2.57 bits per heavy atom. The molecule has 0 aliphatic rings. The summed E-state index contributed by atoms with van der Waals surface area (Å²) >= 11 is 1.53. The molecular weight excluding hydrogens is 304 g/mol. The maximum absolute atomic E-state index is 12.9. The van der Waals surface area contributed by atoms with Crippen molar-refractivity contribution < 1.29 is 4.79 Å². The number of carbonyl (C=O) groups excluding carboxylic acids is 1. The van der Waals surface area contributed by atoms with Crippen LogP contribution < -0.4 is 4.90 Å². The number of hydrogen-bond donors (Lipinski definition) is 0. The van der Waals surface area contributed by atoms with Gasteiger partial charge in [0.05, 0.1) is 10.2 Å². The molecule has 3 nitrogen and oxygen atoms in total. The number of thiazole rings is 1. The van der Waals surface area contributed by atoms with Crippen molar-refractivity contribution in [1.29, 1.82) is 0 Å². The first-order valence-corrected chi connectivity index (χ1v) is 8.17. The van der Waals surface area contributed by atoms with Crippen molar-refractivity contribution in [1.82, 2.24) is 4.98 Å². The van der Waals surface area contributed by atoms with Crippen LogP contribution in [0.3, 0.4) is 0 Å². The van der Waals surface area contributed by atoms with Gasteiger partial charge in [0.25, 0.3) is 5.91 Å². The molecule has 4 rings (SSSR count). The predicted octanol–water partition coefficient (Wildman–Crippen LogP) is 4.73. The highest BCUT2D eigenvalue weighted by molar-refractivity contribution is 7.22. The molecule has 3 aromatic carbocycles. The van der Waals surface area contributed by atoms with Gasteiger partial charge in [0, 0.05) is 12.6 Å². The van der Waals surface area contributed by atoms with E-state index in [1.807, 2.05) is 66.7 Å². The number of carbonyl (C=O) groups is 1.